The van der Waals surface area contributed by atoms with Crippen molar-refractivity contribution in [2.24, 2.45) is 0 Å². The van der Waals surface area contributed by atoms with Crippen LogP contribution in [0, 0.1) is 0 Å². The Hall–Kier alpha value is 1.15. The molecule has 0 radical (unpaired) electrons. The molecule has 0 aliphatic heterocycles. The highest BCUT2D eigenvalue weighted by Gasteiger charge is 2.45. The predicted octanol–water partition coefficient (Wildman–Crippen LogP) is 0.887. The van der Waals surface area contributed by atoms with E-state index in [0.29, 0.717) is 5.25 Å². The third kappa shape index (κ3) is 6.27. The molecule has 0 spiro atoms. The van der Waals surface area contributed by atoms with Crippen molar-refractivity contribution in [3.8, 4) is 0 Å². The summed E-state index contributed by atoms with van der Waals surface area (Å²) in [7, 11) is 3.05. The molecule has 1 atom stereocenters. The van der Waals surface area contributed by atoms with Gasteiger partial charge in [0.15, 0.2) is 0 Å². The maximum Gasteiger partial charge on any atom is 0.483 e. The van der Waals surface area contributed by atoms with Gasteiger partial charge in [0.05, 0.1) is 4.08 Å². The summed E-state index contributed by atoms with van der Waals surface area (Å²) in [5, 5.41) is 0.421. The van der Waals surface area contributed by atoms with Crippen LogP contribution in [-0.4, -0.2) is 40.2 Å². The van der Waals surface area contributed by atoms with Gasteiger partial charge in [-0.05, 0) is 6.42 Å². The number of hydrogen-bond acceptors (Lipinski definition) is 6. The molecular weight excluding hydrogens is 244 g/mol. The van der Waals surface area contributed by atoms with E-state index < -0.39 is 9.53 Å². The molecule has 0 heterocycles. The van der Waals surface area contributed by atoms with Crippen LogP contribution in [0.15, 0.2) is 0 Å². The van der Waals surface area contributed by atoms with Gasteiger partial charge in [-0.1, -0.05) is 0 Å². The molecule has 0 N–H and O–H groups in total. The van der Waals surface area contributed by atoms with Crippen molar-refractivity contribution in [1.82, 2.24) is 0 Å². The van der Waals surface area contributed by atoms with Crippen LogP contribution in [0.2, 0.25) is 0 Å². The second-order valence-electron chi connectivity index (χ2n) is 2.59. The van der Waals surface area contributed by atoms with Gasteiger partial charge >= 0.3 is 9.53 Å². The van der Waals surface area contributed by atoms with Crippen LogP contribution < -0.4 is 0 Å². The van der Waals surface area contributed by atoms with E-state index in [0.717, 1.165) is 6.42 Å². The average molecular weight is 260 g/mol. The van der Waals surface area contributed by atoms with E-state index >= 15 is 0 Å². The fourth-order valence-electron chi connectivity index (χ4n) is 0.514. The van der Waals surface area contributed by atoms with Crippen LogP contribution in [0.5, 0.6) is 0 Å². The van der Waals surface area contributed by atoms with Gasteiger partial charge in [-0.15, -0.1) is 0 Å². The summed E-state index contributed by atoms with van der Waals surface area (Å²) < 4.78 is 14.2. The zero-order valence-electron chi connectivity index (χ0n) is 7.93. The van der Waals surface area contributed by atoms with Crippen LogP contribution >= 0.6 is 37.9 Å². The fourth-order valence-corrected chi connectivity index (χ4v) is 2.03. The molecule has 0 bridgehead atoms. The second kappa shape index (κ2) is 6.60. The van der Waals surface area contributed by atoms with Crippen molar-refractivity contribution >= 4 is 47.4 Å². The Morgan fingerprint density at radius 1 is 1.15 bits per heavy atom. The SMILES string of the molecule is CO[SiH](OC)OC.SC1CC1(S)S. The first-order valence-corrected chi connectivity index (χ1v) is 6.51. The van der Waals surface area contributed by atoms with Gasteiger partial charge in [0.25, 0.3) is 0 Å². The first kappa shape index (κ1) is 14.1. The molecule has 0 aromatic carbocycles. The first-order chi connectivity index (χ1) is 5.97. The maximum absolute atomic E-state index is 4.74. The van der Waals surface area contributed by atoms with Crippen molar-refractivity contribution < 1.29 is 13.3 Å². The third-order valence-electron chi connectivity index (χ3n) is 1.44. The molecule has 0 aromatic heterocycles. The minimum absolute atomic E-state index is 0.0386. The van der Waals surface area contributed by atoms with Crippen LogP contribution in [0.1, 0.15) is 6.42 Å². The standard InChI is InChI=1S/C3H10O3Si.C3H6S3/c1-4-7(5-2)6-3;4-2-1-3(2,5)6/h7H,1-3H3;2,4-6H,1H2. The summed E-state index contributed by atoms with van der Waals surface area (Å²) in [6.07, 6.45) is 1.03. The lowest BCUT2D eigenvalue weighted by Gasteiger charge is -2.05. The summed E-state index contributed by atoms with van der Waals surface area (Å²) in [5.41, 5.74) is 0. The van der Waals surface area contributed by atoms with Gasteiger partial charge in [0.1, 0.15) is 0 Å². The Labute approximate surface area is 97.7 Å². The van der Waals surface area contributed by atoms with Crippen LogP contribution in [0.4, 0.5) is 0 Å². The number of hydrogen-bond donors (Lipinski definition) is 3. The van der Waals surface area contributed by atoms with E-state index in [9.17, 15) is 0 Å². The van der Waals surface area contributed by atoms with Gasteiger partial charge in [0, 0.05) is 26.6 Å². The fraction of sp³-hybridized carbons (Fsp3) is 1.00. The van der Waals surface area contributed by atoms with Crippen LogP contribution in [0.3, 0.4) is 0 Å². The van der Waals surface area contributed by atoms with Gasteiger partial charge in [-0.2, -0.15) is 37.9 Å². The molecular formula is C6H16O3S3Si. The highest BCUT2D eigenvalue weighted by atomic mass is 32.2. The Balaban J connectivity index is 0.000000223. The molecule has 0 amide bonds. The van der Waals surface area contributed by atoms with Crippen LogP contribution in [-0.2, 0) is 13.3 Å². The zero-order chi connectivity index (χ0) is 10.5. The normalized spacial score (nSPS) is 23.8. The molecule has 0 aromatic rings. The second-order valence-corrected chi connectivity index (χ2v) is 7.16. The van der Waals surface area contributed by atoms with Crippen molar-refractivity contribution in [3.05, 3.63) is 0 Å². The molecule has 1 aliphatic carbocycles. The summed E-state index contributed by atoms with van der Waals surface area (Å²) in [6, 6.07) is 0. The molecule has 1 aliphatic rings. The lowest BCUT2D eigenvalue weighted by Crippen LogP contribution is -2.21. The Kier molecular flexibility index (Phi) is 7.18. The third-order valence-corrected chi connectivity index (χ3v) is 4.62. The van der Waals surface area contributed by atoms with Gasteiger partial charge in [-0.3, -0.25) is 0 Å². The van der Waals surface area contributed by atoms with Crippen molar-refractivity contribution in [3.63, 3.8) is 0 Å². The molecule has 1 unspecified atom stereocenters. The van der Waals surface area contributed by atoms with E-state index in [1.54, 1.807) is 21.3 Å². The van der Waals surface area contributed by atoms with Gasteiger partial charge in [-0.25, -0.2) is 0 Å². The highest BCUT2D eigenvalue weighted by Crippen LogP contribution is 2.49. The lowest BCUT2D eigenvalue weighted by atomic mass is 10.9. The monoisotopic (exact) mass is 260 g/mol. The summed E-state index contributed by atoms with van der Waals surface area (Å²) in [6.45, 7) is 0. The van der Waals surface area contributed by atoms with E-state index in [1.807, 2.05) is 0 Å². The highest BCUT2D eigenvalue weighted by molar-refractivity contribution is 8.03. The minimum Gasteiger partial charge on any atom is -0.379 e. The molecule has 3 nitrogen and oxygen atoms in total. The predicted molar refractivity (Wildman–Crippen MR) is 66.3 cm³/mol. The van der Waals surface area contributed by atoms with E-state index in [2.05, 4.69) is 37.9 Å². The Morgan fingerprint density at radius 2 is 1.38 bits per heavy atom. The van der Waals surface area contributed by atoms with Crippen LogP contribution in [0.25, 0.3) is 0 Å². The molecule has 13 heavy (non-hydrogen) atoms. The summed E-state index contributed by atoms with van der Waals surface area (Å²) in [4.78, 5) is 0. The topological polar surface area (TPSA) is 27.7 Å². The summed E-state index contributed by atoms with van der Waals surface area (Å²) in [5.74, 6) is 0. The zero-order valence-corrected chi connectivity index (χ0v) is 11.8. The number of rotatable bonds is 3. The van der Waals surface area contributed by atoms with Crippen molar-refractivity contribution in [1.29, 1.82) is 0 Å². The van der Waals surface area contributed by atoms with Gasteiger partial charge < -0.3 is 13.3 Å². The van der Waals surface area contributed by atoms with E-state index in [1.165, 1.54) is 0 Å². The molecule has 0 saturated heterocycles. The molecule has 1 rings (SSSR count). The quantitative estimate of drug-likeness (QED) is 0.400. The number of thiol groups is 3. The Bertz CT molecular complexity index is 138. The largest absolute Gasteiger partial charge is 0.483 e. The average Bonchev–Trinajstić information content (AvgIpc) is 2.61. The molecule has 7 heteroatoms. The molecule has 1 saturated carbocycles. The smallest absolute Gasteiger partial charge is 0.379 e. The van der Waals surface area contributed by atoms with Crippen molar-refractivity contribution in [2.75, 3.05) is 21.3 Å². The van der Waals surface area contributed by atoms with Crippen molar-refractivity contribution in [2.45, 2.75) is 15.7 Å². The maximum atomic E-state index is 4.74. The lowest BCUT2D eigenvalue weighted by molar-refractivity contribution is 0.163. The summed E-state index contributed by atoms with van der Waals surface area (Å²) >= 11 is 12.3. The first-order valence-electron chi connectivity index (χ1n) is 3.69. The minimum atomic E-state index is -1.67. The Morgan fingerprint density at radius 3 is 1.38 bits per heavy atom. The molecule has 1 fully saturated rings. The van der Waals surface area contributed by atoms with E-state index in [-0.39, 0.29) is 4.08 Å². The molecule has 80 valence electrons. The van der Waals surface area contributed by atoms with E-state index in [4.69, 9.17) is 13.3 Å². The van der Waals surface area contributed by atoms with Gasteiger partial charge in [0.2, 0.25) is 0 Å².